The maximum Gasteiger partial charge on any atom is 0.299 e. The zero-order valence-corrected chi connectivity index (χ0v) is 17.6. The van der Waals surface area contributed by atoms with E-state index in [1.165, 1.54) is 5.56 Å². The van der Waals surface area contributed by atoms with E-state index in [1.54, 1.807) is 7.11 Å². The van der Waals surface area contributed by atoms with Crippen LogP contribution in [-0.4, -0.2) is 42.6 Å². The van der Waals surface area contributed by atoms with Gasteiger partial charge >= 0.3 is 0 Å². The number of para-hydroxylation sites is 1. The number of aryl methyl sites for hydroxylation is 2. The molecule has 3 aromatic rings. The lowest BCUT2D eigenvalue weighted by Crippen LogP contribution is -2.41. The van der Waals surface area contributed by atoms with Gasteiger partial charge in [0.25, 0.3) is 6.01 Å². The third-order valence-corrected chi connectivity index (χ3v) is 5.63. The number of nitrogens with one attached hydrogen (secondary N) is 1. The van der Waals surface area contributed by atoms with Crippen LogP contribution in [0.5, 0.6) is 5.75 Å². The molecule has 1 saturated heterocycles. The van der Waals surface area contributed by atoms with Gasteiger partial charge in [-0.05, 0) is 56.4 Å². The number of ether oxygens (including phenoxy) is 1. The fourth-order valence-electron chi connectivity index (χ4n) is 3.91. The SMILES string of the molecule is COc1ccccc1CCCNC(=O)C1CCN(c2nc3nc(C)ccc3o2)CC1. The number of hydrogen-bond donors (Lipinski definition) is 1. The van der Waals surface area contributed by atoms with Gasteiger partial charge in [0.05, 0.1) is 7.11 Å². The van der Waals surface area contributed by atoms with Crippen molar-refractivity contribution in [3.8, 4) is 5.75 Å². The summed E-state index contributed by atoms with van der Waals surface area (Å²) in [5, 5.41) is 3.10. The number of benzene rings is 1. The van der Waals surface area contributed by atoms with Crippen molar-refractivity contribution in [2.75, 3.05) is 31.6 Å². The van der Waals surface area contributed by atoms with E-state index in [-0.39, 0.29) is 11.8 Å². The first-order chi connectivity index (χ1) is 14.6. The van der Waals surface area contributed by atoms with E-state index < -0.39 is 0 Å². The monoisotopic (exact) mass is 408 g/mol. The number of hydrogen-bond acceptors (Lipinski definition) is 6. The van der Waals surface area contributed by atoms with E-state index in [4.69, 9.17) is 9.15 Å². The van der Waals surface area contributed by atoms with Crippen LogP contribution in [0.15, 0.2) is 40.8 Å². The third kappa shape index (κ3) is 4.56. The summed E-state index contributed by atoms with van der Waals surface area (Å²) in [6.45, 7) is 4.12. The Morgan fingerprint density at radius 3 is 2.80 bits per heavy atom. The van der Waals surface area contributed by atoms with Gasteiger partial charge in [-0.3, -0.25) is 4.79 Å². The minimum Gasteiger partial charge on any atom is -0.496 e. The number of aromatic nitrogens is 2. The second-order valence-electron chi connectivity index (χ2n) is 7.74. The molecule has 1 aliphatic heterocycles. The van der Waals surface area contributed by atoms with Crippen molar-refractivity contribution in [1.29, 1.82) is 0 Å². The molecule has 1 amide bonds. The quantitative estimate of drug-likeness (QED) is 0.603. The van der Waals surface area contributed by atoms with Crippen LogP contribution in [0, 0.1) is 12.8 Å². The Balaban J connectivity index is 1.23. The lowest BCUT2D eigenvalue weighted by molar-refractivity contribution is -0.125. The molecule has 0 aliphatic carbocycles. The van der Waals surface area contributed by atoms with Gasteiger partial charge in [-0.15, -0.1) is 0 Å². The van der Waals surface area contributed by atoms with Crippen LogP contribution in [0.3, 0.4) is 0 Å². The van der Waals surface area contributed by atoms with Crippen LogP contribution in [0.4, 0.5) is 6.01 Å². The van der Waals surface area contributed by atoms with Crippen LogP contribution in [-0.2, 0) is 11.2 Å². The first-order valence-electron chi connectivity index (χ1n) is 10.5. The van der Waals surface area contributed by atoms with Crippen LogP contribution in [0.1, 0.15) is 30.5 Å². The molecule has 1 N–H and O–H groups in total. The van der Waals surface area contributed by atoms with Gasteiger partial charge in [-0.1, -0.05) is 18.2 Å². The van der Waals surface area contributed by atoms with Crippen LogP contribution < -0.4 is 15.0 Å². The molecule has 0 spiro atoms. The average molecular weight is 409 g/mol. The number of piperidine rings is 1. The zero-order valence-electron chi connectivity index (χ0n) is 17.6. The summed E-state index contributed by atoms with van der Waals surface area (Å²) in [7, 11) is 1.69. The van der Waals surface area contributed by atoms with Crippen molar-refractivity contribution in [3.63, 3.8) is 0 Å². The molecule has 30 heavy (non-hydrogen) atoms. The molecule has 0 radical (unpaired) electrons. The fourth-order valence-corrected chi connectivity index (χ4v) is 3.91. The Morgan fingerprint density at radius 2 is 2.00 bits per heavy atom. The first kappa shape index (κ1) is 20.2. The summed E-state index contributed by atoms with van der Waals surface area (Å²) in [6, 6.07) is 12.4. The lowest BCUT2D eigenvalue weighted by Gasteiger charge is -2.30. The number of amides is 1. The van der Waals surface area contributed by atoms with Gasteiger partial charge in [0, 0.05) is 31.2 Å². The Labute approximate surface area is 176 Å². The smallest absolute Gasteiger partial charge is 0.299 e. The average Bonchev–Trinajstić information content (AvgIpc) is 3.20. The Kier molecular flexibility index (Phi) is 6.16. The Bertz CT molecular complexity index is 1010. The summed E-state index contributed by atoms with van der Waals surface area (Å²) in [5.41, 5.74) is 3.43. The molecule has 7 heteroatoms. The van der Waals surface area contributed by atoms with E-state index in [0.29, 0.717) is 23.8 Å². The molecule has 2 aromatic heterocycles. The number of carbonyl (C=O) groups excluding carboxylic acids is 1. The molecule has 0 bridgehead atoms. The summed E-state index contributed by atoms with van der Waals surface area (Å²) in [6.07, 6.45) is 3.36. The summed E-state index contributed by atoms with van der Waals surface area (Å²) in [5.74, 6) is 1.09. The van der Waals surface area contributed by atoms with Crippen molar-refractivity contribution < 1.29 is 13.9 Å². The van der Waals surface area contributed by atoms with Crippen molar-refractivity contribution in [2.45, 2.75) is 32.6 Å². The van der Waals surface area contributed by atoms with Crippen molar-refractivity contribution in [3.05, 3.63) is 47.7 Å². The molecule has 4 rings (SSSR count). The van der Waals surface area contributed by atoms with Gasteiger partial charge in [-0.25, -0.2) is 4.98 Å². The van der Waals surface area contributed by atoms with E-state index in [2.05, 4.69) is 26.3 Å². The van der Waals surface area contributed by atoms with Crippen molar-refractivity contribution in [1.82, 2.24) is 15.3 Å². The highest BCUT2D eigenvalue weighted by molar-refractivity contribution is 5.79. The van der Waals surface area contributed by atoms with Gasteiger partial charge in [0.1, 0.15) is 5.75 Å². The number of nitrogens with zero attached hydrogens (tertiary/aromatic N) is 3. The number of methoxy groups -OCH3 is 1. The summed E-state index contributed by atoms with van der Waals surface area (Å²) >= 11 is 0. The molecule has 0 atom stereocenters. The van der Waals surface area contributed by atoms with Crippen molar-refractivity contribution in [2.24, 2.45) is 5.92 Å². The zero-order chi connectivity index (χ0) is 20.9. The number of anilines is 1. The highest BCUT2D eigenvalue weighted by Crippen LogP contribution is 2.26. The Morgan fingerprint density at radius 1 is 1.20 bits per heavy atom. The van der Waals surface area contributed by atoms with E-state index in [9.17, 15) is 4.79 Å². The van der Waals surface area contributed by atoms with Crippen LogP contribution in [0.2, 0.25) is 0 Å². The second-order valence-corrected chi connectivity index (χ2v) is 7.74. The second kappa shape index (κ2) is 9.15. The number of fused-ring (bicyclic) bond motifs is 1. The molecule has 1 aromatic carbocycles. The largest absolute Gasteiger partial charge is 0.496 e. The first-order valence-corrected chi connectivity index (χ1v) is 10.5. The number of rotatable bonds is 7. The molecular formula is C23H28N4O3. The number of carbonyl (C=O) groups is 1. The number of oxazole rings is 1. The van der Waals surface area contributed by atoms with Crippen LogP contribution in [0.25, 0.3) is 11.2 Å². The topological polar surface area (TPSA) is 80.5 Å². The van der Waals surface area contributed by atoms with E-state index in [1.807, 2.05) is 37.3 Å². The minimum absolute atomic E-state index is 0.0391. The van der Waals surface area contributed by atoms with E-state index in [0.717, 1.165) is 50.2 Å². The van der Waals surface area contributed by atoms with Gasteiger partial charge in [0.15, 0.2) is 5.58 Å². The molecular weight excluding hydrogens is 380 g/mol. The molecule has 7 nitrogen and oxygen atoms in total. The van der Waals surface area contributed by atoms with Gasteiger partial charge in [0.2, 0.25) is 11.6 Å². The predicted molar refractivity (Wildman–Crippen MR) is 116 cm³/mol. The maximum absolute atomic E-state index is 12.6. The summed E-state index contributed by atoms with van der Waals surface area (Å²) < 4.78 is 11.2. The number of pyridine rings is 1. The molecule has 1 aliphatic rings. The third-order valence-electron chi connectivity index (χ3n) is 5.63. The van der Waals surface area contributed by atoms with Crippen LogP contribution >= 0.6 is 0 Å². The molecule has 1 fully saturated rings. The highest BCUT2D eigenvalue weighted by atomic mass is 16.5. The molecule has 3 heterocycles. The molecule has 0 unspecified atom stereocenters. The predicted octanol–water partition coefficient (Wildman–Crippen LogP) is 3.51. The Hall–Kier alpha value is -3.09. The summed E-state index contributed by atoms with van der Waals surface area (Å²) in [4.78, 5) is 23.6. The maximum atomic E-state index is 12.6. The standard InChI is InChI=1S/C23H28N4O3/c1-16-9-10-20-21(25-16)26-23(30-20)27-14-11-18(12-15-27)22(28)24-13-5-7-17-6-3-4-8-19(17)29-2/h3-4,6,8-10,18H,5,7,11-15H2,1-2H3,(H,24,28). The van der Waals surface area contributed by atoms with Crippen molar-refractivity contribution >= 4 is 23.2 Å². The molecule has 158 valence electrons. The van der Waals surface area contributed by atoms with Gasteiger partial charge in [-0.2, -0.15) is 4.98 Å². The van der Waals surface area contributed by atoms with E-state index >= 15 is 0 Å². The van der Waals surface area contributed by atoms with Gasteiger partial charge < -0.3 is 19.4 Å². The molecule has 0 saturated carbocycles. The highest BCUT2D eigenvalue weighted by Gasteiger charge is 2.27. The lowest BCUT2D eigenvalue weighted by atomic mass is 9.96. The minimum atomic E-state index is 0.0391. The fraction of sp³-hybridized carbons (Fsp3) is 0.435. The normalized spacial score (nSPS) is 14.8.